The molecule has 2 heterocycles. The molecule has 21 heavy (non-hydrogen) atoms. The molecule has 0 aliphatic carbocycles. The van der Waals surface area contributed by atoms with Crippen LogP contribution in [0.5, 0.6) is 0 Å². The molecule has 0 radical (unpaired) electrons. The first-order valence-electron chi connectivity index (χ1n) is 6.11. The standard InChI is InChI=1S/C13H11BrN6O/c14-9-4-8-2-1-3-10(12(8)16-5-9)18-11(21)6-20-7-17-13(15)19-20/h1-5,7H,6H2,(H2,15,19)(H,18,21). The van der Waals surface area contributed by atoms with Gasteiger partial charge in [-0.3, -0.25) is 9.78 Å². The van der Waals surface area contributed by atoms with Crippen molar-refractivity contribution in [2.75, 3.05) is 11.1 Å². The molecule has 0 spiro atoms. The molecular weight excluding hydrogens is 336 g/mol. The number of halogens is 1. The first-order valence-corrected chi connectivity index (χ1v) is 6.90. The van der Waals surface area contributed by atoms with E-state index in [1.165, 1.54) is 11.0 Å². The van der Waals surface area contributed by atoms with Crippen LogP contribution < -0.4 is 11.1 Å². The molecule has 0 aliphatic heterocycles. The summed E-state index contributed by atoms with van der Waals surface area (Å²) in [7, 11) is 0. The number of hydrogen-bond acceptors (Lipinski definition) is 5. The summed E-state index contributed by atoms with van der Waals surface area (Å²) in [6.07, 6.45) is 3.10. The summed E-state index contributed by atoms with van der Waals surface area (Å²) in [5, 5.41) is 7.62. The summed E-state index contributed by atoms with van der Waals surface area (Å²) < 4.78 is 2.26. The lowest BCUT2D eigenvalue weighted by atomic mass is 10.2. The second-order valence-corrected chi connectivity index (χ2v) is 5.30. The van der Waals surface area contributed by atoms with Gasteiger partial charge < -0.3 is 11.1 Å². The Labute approximate surface area is 128 Å². The number of fused-ring (bicyclic) bond motifs is 1. The molecule has 0 saturated carbocycles. The maximum Gasteiger partial charge on any atom is 0.246 e. The van der Waals surface area contributed by atoms with E-state index < -0.39 is 0 Å². The summed E-state index contributed by atoms with van der Waals surface area (Å²) in [5.74, 6) is -0.0865. The number of hydrogen-bond donors (Lipinski definition) is 2. The van der Waals surface area contributed by atoms with Gasteiger partial charge in [0, 0.05) is 16.1 Å². The Hall–Kier alpha value is -2.48. The molecule has 0 bridgehead atoms. The number of nitrogens with one attached hydrogen (secondary N) is 1. The minimum atomic E-state index is -0.225. The maximum absolute atomic E-state index is 12.0. The zero-order valence-corrected chi connectivity index (χ0v) is 12.4. The molecule has 0 saturated heterocycles. The molecular formula is C13H11BrN6O. The Balaban J connectivity index is 1.82. The second-order valence-electron chi connectivity index (χ2n) is 4.38. The quantitative estimate of drug-likeness (QED) is 0.753. The summed E-state index contributed by atoms with van der Waals surface area (Å²) in [6, 6.07) is 7.54. The lowest BCUT2D eigenvalue weighted by Gasteiger charge is -2.08. The molecule has 8 heteroatoms. The van der Waals surface area contributed by atoms with Gasteiger partial charge in [-0.2, -0.15) is 0 Å². The van der Waals surface area contributed by atoms with Crippen molar-refractivity contribution in [3.05, 3.63) is 41.3 Å². The molecule has 0 fully saturated rings. The SMILES string of the molecule is Nc1ncn(CC(=O)Nc2cccc3cc(Br)cnc23)n1. The molecule has 1 aromatic carbocycles. The van der Waals surface area contributed by atoms with Crippen molar-refractivity contribution in [1.82, 2.24) is 19.7 Å². The molecule has 3 aromatic rings. The van der Waals surface area contributed by atoms with Gasteiger partial charge >= 0.3 is 0 Å². The van der Waals surface area contributed by atoms with E-state index in [2.05, 4.69) is 36.3 Å². The van der Waals surface area contributed by atoms with Crippen LogP contribution in [0.15, 0.2) is 41.3 Å². The maximum atomic E-state index is 12.0. The molecule has 1 amide bonds. The number of amides is 1. The minimum absolute atomic E-state index is 0.0388. The van der Waals surface area contributed by atoms with E-state index in [1.807, 2.05) is 18.2 Å². The third-order valence-electron chi connectivity index (χ3n) is 2.81. The average molecular weight is 347 g/mol. The van der Waals surface area contributed by atoms with E-state index in [0.29, 0.717) is 5.69 Å². The lowest BCUT2D eigenvalue weighted by Crippen LogP contribution is -2.19. The Bertz CT molecular complexity index is 815. The number of nitrogen functional groups attached to an aromatic ring is 1. The number of pyridine rings is 1. The highest BCUT2D eigenvalue weighted by Crippen LogP contribution is 2.23. The fourth-order valence-electron chi connectivity index (χ4n) is 1.96. The molecule has 3 rings (SSSR count). The van der Waals surface area contributed by atoms with Crippen LogP contribution in [0, 0.1) is 0 Å². The fourth-order valence-corrected chi connectivity index (χ4v) is 2.31. The predicted octanol–water partition coefficient (Wildman–Crippen LogP) is 1.81. The van der Waals surface area contributed by atoms with Crippen LogP contribution in [-0.2, 0) is 11.3 Å². The van der Waals surface area contributed by atoms with Gasteiger partial charge in [-0.1, -0.05) is 12.1 Å². The smallest absolute Gasteiger partial charge is 0.246 e. The van der Waals surface area contributed by atoms with Gasteiger partial charge in [0.2, 0.25) is 11.9 Å². The highest BCUT2D eigenvalue weighted by atomic mass is 79.9. The van der Waals surface area contributed by atoms with Gasteiger partial charge in [0.25, 0.3) is 0 Å². The van der Waals surface area contributed by atoms with Crippen LogP contribution in [0.3, 0.4) is 0 Å². The van der Waals surface area contributed by atoms with Gasteiger partial charge in [-0.25, -0.2) is 9.67 Å². The molecule has 0 atom stereocenters. The van der Waals surface area contributed by atoms with Gasteiger partial charge in [0.1, 0.15) is 12.9 Å². The van der Waals surface area contributed by atoms with Crippen molar-refractivity contribution in [1.29, 1.82) is 0 Å². The average Bonchev–Trinajstić information content (AvgIpc) is 2.83. The Morgan fingerprint density at radius 1 is 1.38 bits per heavy atom. The first-order chi connectivity index (χ1) is 10.1. The Kier molecular flexibility index (Phi) is 3.53. The minimum Gasteiger partial charge on any atom is -0.367 e. The molecule has 7 nitrogen and oxygen atoms in total. The topological polar surface area (TPSA) is 98.7 Å². The normalized spacial score (nSPS) is 10.7. The summed E-state index contributed by atoms with van der Waals surface area (Å²) in [6.45, 7) is 0.0388. The largest absolute Gasteiger partial charge is 0.367 e. The summed E-state index contributed by atoms with van der Waals surface area (Å²) in [5.41, 5.74) is 6.79. The van der Waals surface area contributed by atoms with Crippen LogP contribution in [0.2, 0.25) is 0 Å². The summed E-state index contributed by atoms with van der Waals surface area (Å²) >= 11 is 3.37. The Morgan fingerprint density at radius 3 is 3.00 bits per heavy atom. The number of aromatic nitrogens is 4. The number of benzene rings is 1. The first kappa shape index (κ1) is 13.5. The van der Waals surface area contributed by atoms with Gasteiger partial charge in [0.15, 0.2) is 0 Å². The van der Waals surface area contributed by atoms with Crippen molar-refractivity contribution in [2.45, 2.75) is 6.54 Å². The number of rotatable bonds is 3. The number of nitrogens with zero attached hydrogens (tertiary/aromatic N) is 4. The summed E-state index contributed by atoms with van der Waals surface area (Å²) in [4.78, 5) is 20.1. The number of carbonyl (C=O) groups excluding carboxylic acids is 1. The van der Waals surface area contributed by atoms with E-state index in [0.717, 1.165) is 15.4 Å². The third kappa shape index (κ3) is 3.00. The molecule has 0 unspecified atom stereocenters. The molecule has 0 aliphatic rings. The number of anilines is 2. The number of nitrogens with two attached hydrogens (primary N) is 1. The predicted molar refractivity (Wildman–Crippen MR) is 82.5 cm³/mol. The lowest BCUT2D eigenvalue weighted by molar-refractivity contribution is -0.116. The zero-order valence-electron chi connectivity index (χ0n) is 10.8. The van der Waals surface area contributed by atoms with Crippen LogP contribution >= 0.6 is 15.9 Å². The van der Waals surface area contributed by atoms with Gasteiger partial charge in [-0.05, 0) is 28.1 Å². The number of para-hydroxylation sites is 1. The third-order valence-corrected chi connectivity index (χ3v) is 3.25. The molecule has 106 valence electrons. The molecule has 3 N–H and O–H groups in total. The van der Waals surface area contributed by atoms with E-state index in [1.54, 1.807) is 12.3 Å². The van der Waals surface area contributed by atoms with E-state index in [9.17, 15) is 4.79 Å². The van der Waals surface area contributed by atoms with E-state index in [-0.39, 0.29) is 18.4 Å². The van der Waals surface area contributed by atoms with Crippen molar-refractivity contribution in [2.24, 2.45) is 0 Å². The van der Waals surface area contributed by atoms with Crippen molar-refractivity contribution >= 4 is 44.4 Å². The highest BCUT2D eigenvalue weighted by Gasteiger charge is 2.08. The van der Waals surface area contributed by atoms with Crippen LogP contribution in [0.1, 0.15) is 0 Å². The van der Waals surface area contributed by atoms with E-state index in [4.69, 9.17) is 5.73 Å². The van der Waals surface area contributed by atoms with Crippen molar-refractivity contribution in [3.63, 3.8) is 0 Å². The molecule has 2 aromatic heterocycles. The van der Waals surface area contributed by atoms with Gasteiger partial charge in [0.05, 0.1) is 11.2 Å². The second kappa shape index (κ2) is 5.49. The van der Waals surface area contributed by atoms with E-state index >= 15 is 0 Å². The zero-order chi connectivity index (χ0) is 14.8. The Morgan fingerprint density at radius 2 is 2.24 bits per heavy atom. The van der Waals surface area contributed by atoms with Crippen LogP contribution in [0.4, 0.5) is 11.6 Å². The monoisotopic (exact) mass is 346 g/mol. The van der Waals surface area contributed by atoms with Crippen LogP contribution in [-0.4, -0.2) is 25.7 Å². The number of carbonyl (C=O) groups is 1. The fraction of sp³-hybridized carbons (Fsp3) is 0.0769. The van der Waals surface area contributed by atoms with Crippen LogP contribution in [0.25, 0.3) is 10.9 Å². The van der Waals surface area contributed by atoms with Crippen molar-refractivity contribution in [3.8, 4) is 0 Å². The highest BCUT2D eigenvalue weighted by molar-refractivity contribution is 9.10. The van der Waals surface area contributed by atoms with Crippen molar-refractivity contribution < 1.29 is 4.79 Å². The van der Waals surface area contributed by atoms with Gasteiger partial charge in [-0.15, -0.1) is 5.10 Å².